The van der Waals surface area contributed by atoms with Crippen molar-refractivity contribution in [3.8, 4) is 0 Å². The Morgan fingerprint density at radius 2 is 2.19 bits per heavy atom. The van der Waals surface area contributed by atoms with Crippen LogP contribution in [-0.4, -0.2) is 48.6 Å². The fourth-order valence-electron chi connectivity index (χ4n) is 3.04. The summed E-state index contributed by atoms with van der Waals surface area (Å²) in [5.41, 5.74) is 1.76. The van der Waals surface area contributed by atoms with Crippen molar-refractivity contribution in [2.45, 2.75) is 18.9 Å². The minimum Gasteiger partial charge on any atom is -0.376 e. The molecule has 2 aromatic rings. The number of hydrogen-bond donors (Lipinski definition) is 1. The summed E-state index contributed by atoms with van der Waals surface area (Å²) in [6.07, 6.45) is 7.91. The van der Waals surface area contributed by atoms with E-state index in [1.807, 2.05) is 47.4 Å². The van der Waals surface area contributed by atoms with Gasteiger partial charge in [0.15, 0.2) is 0 Å². The number of carbonyl (C=O) groups excluding carboxylic acids is 1. The Morgan fingerprint density at radius 1 is 1.35 bits per heavy atom. The zero-order chi connectivity index (χ0) is 18.2. The molecule has 0 radical (unpaired) electrons. The predicted octanol–water partition coefficient (Wildman–Crippen LogP) is 3.46. The molecule has 5 heteroatoms. The second-order valence-electron chi connectivity index (χ2n) is 6.34. The van der Waals surface area contributed by atoms with Gasteiger partial charge in [0.25, 0.3) is 5.91 Å². The molecular weight excluding hydrogens is 326 g/mol. The first kappa shape index (κ1) is 18.1. The Bertz CT molecular complexity index is 740. The van der Waals surface area contributed by atoms with Gasteiger partial charge >= 0.3 is 0 Å². The standard InChI is InChI=1S/C21H25N3O2/c1-22-20-15-18(11-12-23-20)21(25)24(16-19-10-6-14-26-19)13-5-9-17-7-3-2-4-8-17/h2-5,7-9,11-12,15,19H,6,10,13-14,16H2,1H3,(H,22,23). The van der Waals surface area contributed by atoms with E-state index in [1.165, 1.54) is 0 Å². The number of rotatable bonds is 7. The van der Waals surface area contributed by atoms with Gasteiger partial charge in [-0.15, -0.1) is 0 Å². The Morgan fingerprint density at radius 3 is 2.92 bits per heavy atom. The normalized spacial score (nSPS) is 16.7. The lowest BCUT2D eigenvalue weighted by molar-refractivity contribution is 0.0554. The van der Waals surface area contributed by atoms with Gasteiger partial charge in [0.1, 0.15) is 5.82 Å². The summed E-state index contributed by atoms with van der Waals surface area (Å²) in [7, 11) is 1.79. The van der Waals surface area contributed by atoms with Crippen molar-refractivity contribution in [2.75, 3.05) is 32.1 Å². The average Bonchev–Trinajstić information content (AvgIpc) is 3.21. The molecule has 1 aliphatic rings. The Labute approximate surface area is 154 Å². The topological polar surface area (TPSA) is 54.5 Å². The molecule has 2 heterocycles. The molecule has 0 aliphatic carbocycles. The molecule has 1 fully saturated rings. The molecule has 1 aromatic carbocycles. The number of amides is 1. The summed E-state index contributed by atoms with van der Waals surface area (Å²) in [5, 5.41) is 2.98. The van der Waals surface area contributed by atoms with Crippen LogP contribution in [0.1, 0.15) is 28.8 Å². The van der Waals surface area contributed by atoms with Gasteiger partial charge in [0.05, 0.1) is 6.10 Å². The smallest absolute Gasteiger partial charge is 0.254 e. The van der Waals surface area contributed by atoms with Crippen LogP contribution in [0.3, 0.4) is 0 Å². The summed E-state index contributed by atoms with van der Waals surface area (Å²) in [5.74, 6) is 0.685. The highest BCUT2D eigenvalue weighted by atomic mass is 16.5. The first-order valence-electron chi connectivity index (χ1n) is 9.02. The molecule has 0 saturated carbocycles. The summed E-state index contributed by atoms with van der Waals surface area (Å²) < 4.78 is 5.74. The van der Waals surface area contributed by atoms with Gasteiger partial charge < -0.3 is 15.0 Å². The Balaban J connectivity index is 1.73. The third kappa shape index (κ3) is 4.92. The highest BCUT2D eigenvalue weighted by molar-refractivity contribution is 5.95. The monoisotopic (exact) mass is 351 g/mol. The van der Waals surface area contributed by atoms with Crippen LogP contribution >= 0.6 is 0 Å². The van der Waals surface area contributed by atoms with E-state index in [9.17, 15) is 4.79 Å². The number of nitrogens with zero attached hydrogens (tertiary/aromatic N) is 2. The van der Waals surface area contributed by atoms with E-state index in [-0.39, 0.29) is 12.0 Å². The molecule has 1 N–H and O–H groups in total. The molecule has 26 heavy (non-hydrogen) atoms. The molecule has 136 valence electrons. The maximum absolute atomic E-state index is 13.0. The van der Waals surface area contributed by atoms with E-state index in [1.54, 1.807) is 25.4 Å². The third-order valence-electron chi connectivity index (χ3n) is 4.43. The second kappa shape index (κ2) is 9.15. The molecule has 1 saturated heterocycles. The van der Waals surface area contributed by atoms with Gasteiger partial charge in [-0.05, 0) is 30.5 Å². The van der Waals surface area contributed by atoms with Gasteiger partial charge in [0.2, 0.25) is 0 Å². The summed E-state index contributed by atoms with van der Waals surface area (Å²) in [6.45, 7) is 1.94. The SMILES string of the molecule is CNc1cc(C(=O)N(CC=Cc2ccccc2)CC2CCCO2)ccn1. The van der Waals surface area contributed by atoms with E-state index in [0.717, 1.165) is 25.0 Å². The first-order chi connectivity index (χ1) is 12.8. The van der Waals surface area contributed by atoms with Crippen LogP contribution in [0.15, 0.2) is 54.7 Å². The molecule has 0 spiro atoms. The number of nitrogens with one attached hydrogen (secondary N) is 1. The van der Waals surface area contributed by atoms with Crippen molar-refractivity contribution < 1.29 is 9.53 Å². The van der Waals surface area contributed by atoms with Gasteiger partial charge in [-0.25, -0.2) is 4.98 Å². The molecule has 1 atom stereocenters. The lowest BCUT2D eigenvalue weighted by atomic mass is 10.1. The minimum atomic E-state index is -0.00267. The summed E-state index contributed by atoms with van der Waals surface area (Å²) in [6, 6.07) is 13.6. The Kier molecular flexibility index (Phi) is 6.39. The molecule has 0 bridgehead atoms. The number of aromatic nitrogens is 1. The maximum atomic E-state index is 13.0. The fraction of sp³-hybridized carbons (Fsp3) is 0.333. The van der Waals surface area contributed by atoms with Crippen molar-refractivity contribution in [2.24, 2.45) is 0 Å². The maximum Gasteiger partial charge on any atom is 0.254 e. The van der Waals surface area contributed by atoms with Crippen LogP contribution in [0.2, 0.25) is 0 Å². The van der Waals surface area contributed by atoms with Crippen molar-refractivity contribution in [3.63, 3.8) is 0 Å². The number of pyridine rings is 1. The van der Waals surface area contributed by atoms with E-state index < -0.39 is 0 Å². The second-order valence-corrected chi connectivity index (χ2v) is 6.34. The van der Waals surface area contributed by atoms with Gasteiger partial charge in [0, 0.05) is 38.5 Å². The highest BCUT2D eigenvalue weighted by Crippen LogP contribution is 2.16. The van der Waals surface area contributed by atoms with Crippen LogP contribution in [0.5, 0.6) is 0 Å². The Hall–Kier alpha value is -2.66. The fourth-order valence-corrected chi connectivity index (χ4v) is 3.04. The number of ether oxygens (including phenoxy) is 1. The van der Waals surface area contributed by atoms with Gasteiger partial charge in [-0.1, -0.05) is 42.5 Å². The van der Waals surface area contributed by atoms with Crippen molar-refractivity contribution in [3.05, 3.63) is 65.9 Å². The summed E-state index contributed by atoms with van der Waals surface area (Å²) in [4.78, 5) is 19.1. The predicted molar refractivity (Wildman–Crippen MR) is 104 cm³/mol. The zero-order valence-corrected chi connectivity index (χ0v) is 15.1. The largest absolute Gasteiger partial charge is 0.376 e. The minimum absolute atomic E-state index is 0.00267. The van der Waals surface area contributed by atoms with Crippen LogP contribution in [-0.2, 0) is 4.74 Å². The summed E-state index contributed by atoms with van der Waals surface area (Å²) >= 11 is 0. The van der Waals surface area contributed by atoms with E-state index in [4.69, 9.17) is 4.74 Å². The van der Waals surface area contributed by atoms with Crippen LogP contribution < -0.4 is 5.32 Å². The molecule has 1 unspecified atom stereocenters. The third-order valence-corrected chi connectivity index (χ3v) is 4.43. The van der Waals surface area contributed by atoms with Crippen molar-refractivity contribution in [1.82, 2.24) is 9.88 Å². The molecule has 5 nitrogen and oxygen atoms in total. The lowest BCUT2D eigenvalue weighted by Crippen LogP contribution is -2.37. The number of carbonyl (C=O) groups is 1. The van der Waals surface area contributed by atoms with Crippen LogP contribution in [0.4, 0.5) is 5.82 Å². The van der Waals surface area contributed by atoms with Crippen molar-refractivity contribution in [1.29, 1.82) is 0 Å². The highest BCUT2D eigenvalue weighted by Gasteiger charge is 2.23. The number of anilines is 1. The molecular formula is C21H25N3O2. The van der Waals surface area contributed by atoms with Crippen LogP contribution in [0.25, 0.3) is 6.08 Å². The number of hydrogen-bond acceptors (Lipinski definition) is 4. The number of benzene rings is 1. The van der Waals surface area contributed by atoms with E-state index in [0.29, 0.717) is 24.5 Å². The quantitative estimate of drug-likeness (QED) is 0.830. The molecule has 1 amide bonds. The van der Waals surface area contributed by atoms with E-state index >= 15 is 0 Å². The van der Waals surface area contributed by atoms with E-state index in [2.05, 4.69) is 10.3 Å². The molecule has 3 rings (SSSR count). The van der Waals surface area contributed by atoms with Gasteiger partial charge in [-0.3, -0.25) is 4.79 Å². The molecule has 1 aliphatic heterocycles. The first-order valence-corrected chi connectivity index (χ1v) is 9.02. The van der Waals surface area contributed by atoms with Crippen LogP contribution in [0, 0.1) is 0 Å². The zero-order valence-electron chi connectivity index (χ0n) is 15.1. The van der Waals surface area contributed by atoms with Gasteiger partial charge in [-0.2, -0.15) is 0 Å². The lowest BCUT2D eigenvalue weighted by Gasteiger charge is -2.24. The van der Waals surface area contributed by atoms with Crippen molar-refractivity contribution >= 4 is 17.8 Å². The molecule has 1 aromatic heterocycles. The average molecular weight is 351 g/mol.